The third kappa shape index (κ3) is 3.30. The first kappa shape index (κ1) is 17.7. The average Bonchev–Trinajstić information content (AvgIpc) is 2.98. The lowest BCUT2D eigenvalue weighted by atomic mass is 10.2. The number of carbonyl (C=O) groups excluding carboxylic acids is 3. The molecule has 0 spiro atoms. The number of Topliss-reactive ketones (excluding diaryl/α,β-unsaturated/α-hetero) is 1. The number of hydrogen-bond donors (Lipinski definition) is 0. The summed E-state index contributed by atoms with van der Waals surface area (Å²) in [5.41, 5.74) is 1.20. The lowest BCUT2D eigenvalue weighted by molar-refractivity contribution is -0.140. The molecule has 140 valence electrons. The molecular weight excluding hydrogens is 350 g/mol. The van der Waals surface area contributed by atoms with Crippen molar-refractivity contribution in [2.75, 3.05) is 39.3 Å². The Morgan fingerprint density at radius 2 is 1.65 bits per heavy atom. The number of likely N-dealkylation sites (tertiary alicyclic amines) is 1. The van der Waals surface area contributed by atoms with E-state index in [1.165, 1.54) is 16.9 Å². The van der Waals surface area contributed by atoms with Gasteiger partial charge in [-0.3, -0.25) is 19.3 Å². The van der Waals surface area contributed by atoms with Crippen molar-refractivity contribution < 1.29 is 14.4 Å². The van der Waals surface area contributed by atoms with Gasteiger partial charge in [0.25, 0.3) is 0 Å². The molecule has 0 aromatic carbocycles. The molecule has 1 saturated carbocycles. The van der Waals surface area contributed by atoms with Crippen molar-refractivity contribution in [2.45, 2.75) is 20.4 Å². The molecule has 2 atom stereocenters. The topological polar surface area (TPSA) is 60.9 Å². The summed E-state index contributed by atoms with van der Waals surface area (Å²) in [4.78, 5) is 42.6. The highest BCUT2D eigenvalue weighted by Gasteiger charge is 2.60. The molecule has 0 N–H and O–H groups in total. The highest BCUT2D eigenvalue weighted by molar-refractivity contribution is 7.12. The molecule has 1 aliphatic carbocycles. The maximum atomic E-state index is 12.8. The summed E-state index contributed by atoms with van der Waals surface area (Å²) in [6.07, 6.45) is 0. The van der Waals surface area contributed by atoms with Gasteiger partial charge in [0.1, 0.15) is 0 Å². The Morgan fingerprint density at radius 3 is 2.19 bits per heavy atom. The average molecular weight is 375 g/mol. The van der Waals surface area contributed by atoms with Crippen molar-refractivity contribution in [1.29, 1.82) is 0 Å². The van der Waals surface area contributed by atoms with E-state index >= 15 is 0 Å². The number of hydrogen-bond acceptors (Lipinski definition) is 5. The number of ketones is 1. The van der Waals surface area contributed by atoms with Gasteiger partial charge in [0.05, 0.1) is 4.88 Å². The zero-order valence-corrected chi connectivity index (χ0v) is 16.1. The molecule has 7 heteroatoms. The van der Waals surface area contributed by atoms with E-state index in [4.69, 9.17) is 0 Å². The number of fused-ring (bicyclic) bond motifs is 1. The van der Waals surface area contributed by atoms with Gasteiger partial charge in [-0.25, -0.2) is 0 Å². The summed E-state index contributed by atoms with van der Waals surface area (Å²) in [5.74, 6) is 1.67. The summed E-state index contributed by atoms with van der Waals surface area (Å²) < 4.78 is 0. The van der Waals surface area contributed by atoms with E-state index in [0.29, 0.717) is 38.0 Å². The van der Waals surface area contributed by atoms with E-state index < -0.39 is 0 Å². The van der Waals surface area contributed by atoms with Gasteiger partial charge in [-0.05, 0) is 35.8 Å². The van der Waals surface area contributed by atoms with E-state index in [1.807, 2.05) is 15.9 Å². The summed E-state index contributed by atoms with van der Waals surface area (Å²) >= 11 is 1.51. The van der Waals surface area contributed by atoms with Gasteiger partial charge < -0.3 is 9.80 Å². The largest absolute Gasteiger partial charge is 0.339 e. The monoisotopic (exact) mass is 375 g/mol. The van der Waals surface area contributed by atoms with Gasteiger partial charge >= 0.3 is 0 Å². The molecule has 1 aromatic heterocycles. The smallest absolute Gasteiger partial charge is 0.226 e. The highest BCUT2D eigenvalue weighted by Crippen LogP contribution is 2.52. The van der Waals surface area contributed by atoms with Crippen LogP contribution in [0.25, 0.3) is 0 Å². The Bertz CT molecular complexity index is 726. The molecule has 0 bridgehead atoms. The van der Waals surface area contributed by atoms with Crippen molar-refractivity contribution >= 4 is 28.9 Å². The summed E-state index contributed by atoms with van der Waals surface area (Å²) in [5, 5.41) is 2.07. The third-order valence-corrected chi connectivity index (χ3v) is 7.08. The normalized spacial score (nSPS) is 28.2. The van der Waals surface area contributed by atoms with Crippen molar-refractivity contribution in [1.82, 2.24) is 14.7 Å². The van der Waals surface area contributed by atoms with E-state index in [-0.39, 0.29) is 23.5 Å². The van der Waals surface area contributed by atoms with Gasteiger partial charge in [-0.15, -0.1) is 11.3 Å². The van der Waals surface area contributed by atoms with Crippen LogP contribution in [-0.4, -0.2) is 71.6 Å². The predicted octanol–water partition coefficient (Wildman–Crippen LogP) is 1.32. The third-order valence-electron chi connectivity index (χ3n) is 6.00. The molecule has 2 saturated heterocycles. The zero-order chi connectivity index (χ0) is 18.4. The lowest BCUT2D eigenvalue weighted by Crippen LogP contribution is -2.51. The first-order valence-corrected chi connectivity index (χ1v) is 10.2. The molecule has 3 aliphatic rings. The Morgan fingerprint density at radius 1 is 1.04 bits per heavy atom. The maximum Gasteiger partial charge on any atom is 0.226 e. The van der Waals surface area contributed by atoms with E-state index in [0.717, 1.165) is 24.5 Å². The van der Waals surface area contributed by atoms with Crippen molar-refractivity contribution in [3.05, 3.63) is 21.9 Å². The van der Waals surface area contributed by atoms with Crippen LogP contribution in [-0.2, 0) is 16.1 Å². The molecule has 0 radical (unpaired) electrons. The van der Waals surface area contributed by atoms with E-state index in [9.17, 15) is 14.4 Å². The van der Waals surface area contributed by atoms with Crippen molar-refractivity contribution in [3.8, 4) is 0 Å². The van der Waals surface area contributed by atoms with Crippen LogP contribution in [0.15, 0.2) is 11.4 Å². The van der Waals surface area contributed by atoms with Crippen molar-refractivity contribution in [2.24, 2.45) is 17.8 Å². The van der Waals surface area contributed by atoms with Crippen LogP contribution >= 0.6 is 11.3 Å². The van der Waals surface area contributed by atoms with Gasteiger partial charge in [-0.1, -0.05) is 0 Å². The summed E-state index contributed by atoms with van der Waals surface area (Å²) in [7, 11) is 0. The molecule has 4 rings (SSSR count). The molecular formula is C19H25N3O3S. The van der Waals surface area contributed by atoms with Crippen LogP contribution in [0.4, 0.5) is 0 Å². The molecule has 3 fully saturated rings. The second-order valence-corrected chi connectivity index (χ2v) is 8.67. The summed E-state index contributed by atoms with van der Waals surface area (Å²) in [6.45, 7) is 8.66. The zero-order valence-electron chi connectivity index (χ0n) is 15.3. The quantitative estimate of drug-likeness (QED) is 0.745. The fraction of sp³-hybridized carbons (Fsp3) is 0.632. The molecule has 2 unspecified atom stereocenters. The minimum absolute atomic E-state index is 0.0948. The first-order chi connectivity index (χ1) is 12.4. The Labute approximate surface area is 157 Å². The van der Waals surface area contributed by atoms with Gasteiger partial charge in [0, 0.05) is 58.7 Å². The van der Waals surface area contributed by atoms with E-state index in [2.05, 4.69) is 10.3 Å². The molecule has 26 heavy (non-hydrogen) atoms. The maximum absolute atomic E-state index is 12.8. The number of thiophene rings is 1. The second-order valence-electron chi connectivity index (χ2n) is 7.75. The minimum Gasteiger partial charge on any atom is -0.339 e. The first-order valence-electron chi connectivity index (χ1n) is 9.29. The van der Waals surface area contributed by atoms with Crippen LogP contribution in [0.3, 0.4) is 0 Å². The van der Waals surface area contributed by atoms with Crippen LogP contribution in [0.1, 0.15) is 29.1 Å². The van der Waals surface area contributed by atoms with Gasteiger partial charge in [0.2, 0.25) is 11.8 Å². The van der Waals surface area contributed by atoms with Crippen LogP contribution < -0.4 is 0 Å². The highest BCUT2D eigenvalue weighted by atomic mass is 32.1. The minimum atomic E-state index is 0.0948. The Kier molecular flexibility index (Phi) is 4.61. The van der Waals surface area contributed by atoms with E-state index in [1.54, 1.807) is 13.8 Å². The van der Waals surface area contributed by atoms with Gasteiger partial charge in [-0.2, -0.15) is 0 Å². The predicted molar refractivity (Wildman–Crippen MR) is 98.9 cm³/mol. The molecule has 3 heterocycles. The number of piperazine rings is 1. The number of carbonyl (C=O) groups is 3. The molecule has 2 amide bonds. The van der Waals surface area contributed by atoms with Crippen LogP contribution in [0.2, 0.25) is 0 Å². The summed E-state index contributed by atoms with van der Waals surface area (Å²) in [6, 6.07) is 1.99. The standard InChI is InChI=1S/C19H25N3O3S/c1-12(23)17-7-14(11-26-17)8-20-9-15-16(10-20)18(15)19(25)22-5-3-21(4-6-22)13(2)24/h7,11,15-16,18H,3-6,8-10H2,1-2H3. The van der Waals surface area contributed by atoms with Crippen molar-refractivity contribution in [3.63, 3.8) is 0 Å². The molecule has 1 aromatic rings. The number of piperidine rings is 1. The number of rotatable bonds is 4. The molecule has 2 aliphatic heterocycles. The second kappa shape index (κ2) is 6.78. The number of amides is 2. The van der Waals surface area contributed by atoms with Gasteiger partial charge in [0.15, 0.2) is 5.78 Å². The van der Waals surface area contributed by atoms with Crippen LogP contribution in [0.5, 0.6) is 0 Å². The fourth-order valence-corrected chi connectivity index (χ4v) is 5.27. The fourth-order valence-electron chi connectivity index (χ4n) is 4.46. The lowest BCUT2D eigenvalue weighted by Gasteiger charge is -2.34. The number of nitrogens with zero attached hydrogens (tertiary/aromatic N) is 3. The Hall–Kier alpha value is -1.73. The SMILES string of the molecule is CC(=O)c1cc(CN2CC3C(C2)C3C(=O)N2CCN(C(C)=O)CC2)cs1. The molecule has 6 nitrogen and oxygen atoms in total. The Balaban J connectivity index is 1.26. The van der Waals surface area contributed by atoms with Crippen LogP contribution in [0, 0.1) is 17.8 Å².